The minimum Gasteiger partial charge on any atom is -0.484 e. The first kappa shape index (κ1) is 14.4. The summed E-state index contributed by atoms with van der Waals surface area (Å²) >= 11 is 0. The van der Waals surface area contributed by atoms with Gasteiger partial charge in [-0.05, 0) is 38.1 Å². The van der Waals surface area contributed by atoms with Gasteiger partial charge in [0.2, 0.25) is 0 Å². The quantitative estimate of drug-likeness (QED) is 0.851. The van der Waals surface area contributed by atoms with Gasteiger partial charge < -0.3 is 15.0 Å². The summed E-state index contributed by atoms with van der Waals surface area (Å²) in [7, 11) is 0. The first-order valence-corrected chi connectivity index (χ1v) is 7.04. The summed E-state index contributed by atoms with van der Waals surface area (Å²) in [6.07, 6.45) is 0. The van der Waals surface area contributed by atoms with E-state index in [1.54, 1.807) is 4.90 Å². The number of hydrogen-bond acceptors (Lipinski definition) is 4. The van der Waals surface area contributed by atoms with E-state index in [1.165, 1.54) is 0 Å². The molecule has 0 fully saturated rings. The van der Waals surface area contributed by atoms with E-state index in [2.05, 4.69) is 10.3 Å². The monoisotopic (exact) mass is 275 g/mol. The van der Waals surface area contributed by atoms with E-state index in [1.807, 2.05) is 38.1 Å². The van der Waals surface area contributed by atoms with Gasteiger partial charge in [-0.25, -0.2) is 0 Å². The summed E-state index contributed by atoms with van der Waals surface area (Å²) in [4.78, 5) is 17.9. The molecule has 0 aliphatic carbocycles. The molecule has 5 nitrogen and oxygen atoms in total. The molecule has 0 saturated heterocycles. The summed E-state index contributed by atoms with van der Waals surface area (Å²) < 4.78 is 5.52. The second kappa shape index (κ2) is 6.93. The molecule has 1 heterocycles. The molecule has 0 saturated carbocycles. The molecule has 2 rings (SSSR count). The molecule has 1 N–H and O–H groups in total. The van der Waals surface area contributed by atoms with Crippen LogP contribution >= 0.6 is 0 Å². The molecule has 0 bridgehead atoms. The number of benzene rings is 1. The number of nitrogens with one attached hydrogen (secondary N) is 1. The van der Waals surface area contributed by atoms with Crippen molar-refractivity contribution in [1.29, 1.82) is 0 Å². The van der Waals surface area contributed by atoms with Crippen molar-refractivity contribution in [2.75, 3.05) is 32.8 Å². The van der Waals surface area contributed by atoms with E-state index < -0.39 is 0 Å². The number of ether oxygens (including phenoxy) is 1. The number of amidine groups is 1. The number of nitrogens with zero attached hydrogens (tertiary/aromatic N) is 2. The van der Waals surface area contributed by atoms with E-state index in [0.717, 1.165) is 24.5 Å². The Morgan fingerprint density at radius 1 is 1.30 bits per heavy atom. The lowest BCUT2D eigenvalue weighted by molar-refractivity contribution is -0.132. The minimum absolute atomic E-state index is 0.0147. The number of hydrogen-bond donors (Lipinski definition) is 1. The largest absolute Gasteiger partial charge is 0.484 e. The number of carbonyl (C=O) groups excluding carboxylic acids is 1. The predicted molar refractivity (Wildman–Crippen MR) is 79.3 cm³/mol. The van der Waals surface area contributed by atoms with Crippen LogP contribution in [0.3, 0.4) is 0 Å². The van der Waals surface area contributed by atoms with Crippen LogP contribution in [0.15, 0.2) is 29.3 Å². The second-order valence-corrected chi connectivity index (χ2v) is 4.54. The number of aliphatic imine (C=N–C) groups is 1. The molecule has 1 aliphatic heterocycles. The highest BCUT2D eigenvalue weighted by molar-refractivity contribution is 5.99. The molecule has 1 aliphatic rings. The highest BCUT2D eigenvalue weighted by Gasteiger charge is 2.11. The van der Waals surface area contributed by atoms with Gasteiger partial charge in [0, 0.05) is 25.2 Å². The maximum atomic E-state index is 11.8. The Bertz CT molecular complexity index is 478. The van der Waals surface area contributed by atoms with Gasteiger partial charge in [0.05, 0.1) is 6.54 Å². The third-order valence-electron chi connectivity index (χ3n) is 3.28. The second-order valence-electron chi connectivity index (χ2n) is 4.54. The van der Waals surface area contributed by atoms with Gasteiger partial charge in [0.1, 0.15) is 11.6 Å². The summed E-state index contributed by atoms with van der Waals surface area (Å²) in [5, 5.41) is 3.22. The Kier molecular flexibility index (Phi) is 4.98. The van der Waals surface area contributed by atoms with Crippen molar-refractivity contribution in [2.24, 2.45) is 4.99 Å². The predicted octanol–water partition coefficient (Wildman–Crippen LogP) is 1.28. The van der Waals surface area contributed by atoms with Crippen LogP contribution in [0.1, 0.15) is 19.4 Å². The smallest absolute Gasteiger partial charge is 0.260 e. The molecule has 1 aromatic rings. The van der Waals surface area contributed by atoms with Crippen molar-refractivity contribution in [3.8, 4) is 5.75 Å². The van der Waals surface area contributed by atoms with Gasteiger partial charge in [-0.15, -0.1) is 0 Å². The van der Waals surface area contributed by atoms with Crippen LogP contribution < -0.4 is 10.1 Å². The molecule has 0 unspecified atom stereocenters. The van der Waals surface area contributed by atoms with Crippen LogP contribution in [0.2, 0.25) is 0 Å². The van der Waals surface area contributed by atoms with Crippen LogP contribution in [-0.2, 0) is 4.79 Å². The van der Waals surface area contributed by atoms with Gasteiger partial charge in [-0.3, -0.25) is 9.79 Å². The van der Waals surface area contributed by atoms with Crippen molar-refractivity contribution < 1.29 is 9.53 Å². The van der Waals surface area contributed by atoms with E-state index in [9.17, 15) is 4.79 Å². The van der Waals surface area contributed by atoms with Crippen molar-refractivity contribution in [2.45, 2.75) is 13.8 Å². The summed E-state index contributed by atoms with van der Waals surface area (Å²) in [5.74, 6) is 1.64. The first-order chi connectivity index (χ1) is 9.74. The number of likely N-dealkylation sites (N-methyl/N-ethyl adjacent to an activating group) is 1. The summed E-state index contributed by atoms with van der Waals surface area (Å²) in [6, 6.07) is 7.64. The zero-order chi connectivity index (χ0) is 14.4. The Hall–Kier alpha value is -2.04. The summed E-state index contributed by atoms with van der Waals surface area (Å²) in [5.41, 5.74) is 1.05. The number of rotatable bonds is 6. The lowest BCUT2D eigenvalue weighted by Gasteiger charge is -2.18. The average Bonchev–Trinajstić information content (AvgIpc) is 3.01. The van der Waals surface area contributed by atoms with Crippen LogP contribution in [0.25, 0.3) is 0 Å². The van der Waals surface area contributed by atoms with Crippen LogP contribution in [0.5, 0.6) is 5.75 Å². The van der Waals surface area contributed by atoms with E-state index >= 15 is 0 Å². The highest BCUT2D eigenvalue weighted by Crippen LogP contribution is 2.13. The molecular formula is C15H21N3O2. The Morgan fingerprint density at radius 2 is 2.00 bits per heavy atom. The molecule has 0 aromatic heterocycles. The van der Waals surface area contributed by atoms with Gasteiger partial charge in [0.15, 0.2) is 6.61 Å². The van der Waals surface area contributed by atoms with Crippen molar-refractivity contribution in [3.63, 3.8) is 0 Å². The van der Waals surface area contributed by atoms with Crippen LogP contribution in [0, 0.1) is 0 Å². The number of amides is 1. The lowest BCUT2D eigenvalue weighted by atomic mass is 10.2. The van der Waals surface area contributed by atoms with Crippen molar-refractivity contribution >= 4 is 11.7 Å². The van der Waals surface area contributed by atoms with Crippen LogP contribution in [0.4, 0.5) is 0 Å². The SMILES string of the molecule is CCN(CC)C(=O)COc1ccc(C2=NCCN2)cc1. The fourth-order valence-corrected chi connectivity index (χ4v) is 2.11. The van der Waals surface area contributed by atoms with Gasteiger partial charge in [-0.1, -0.05) is 0 Å². The van der Waals surface area contributed by atoms with Crippen molar-refractivity contribution in [1.82, 2.24) is 10.2 Å². The van der Waals surface area contributed by atoms with E-state index in [0.29, 0.717) is 18.8 Å². The maximum absolute atomic E-state index is 11.8. The molecule has 5 heteroatoms. The Balaban J connectivity index is 1.89. The topological polar surface area (TPSA) is 53.9 Å². The van der Waals surface area contributed by atoms with E-state index in [4.69, 9.17) is 4.74 Å². The molecule has 1 amide bonds. The van der Waals surface area contributed by atoms with Gasteiger partial charge >= 0.3 is 0 Å². The third kappa shape index (κ3) is 3.50. The average molecular weight is 275 g/mol. The zero-order valence-electron chi connectivity index (χ0n) is 12.1. The summed E-state index contributed by atoms with van der Waals surface area (Å²) in [6.45, 7) is 7.15. The molecular weight excluding hydrogens is 254 g/mol. The fourth-order valence-electron chi connectivity index (χ4n) is 2.11. The van der Waals surface area contributed by atoms with E-state index in [-0.39, 0.29) is 12.5 Å². The van der Waals surface area contributed by atoms with Crippen molar-refractivity contribution in [3.05, 3.63) is 29.8 Å². The zero-order valence-corrected chi connectivity index (χ0v) is 12.1. The number of carbonyl (C=O) groups is 1. The molecule has 108 valence electrons. The normalized spacial score (nSPS) is 13.6. The molecule has 0 spiro atoms. The molecule has 0 atom stereocenters. The third-order valence-corrected chi connectivity index (χ3v) is 3.28. The minimum atomic E-state index is 0.0147. The highest BCUT2D eigenvalue weighted by atomic mass is 16.5. The van der Waals surface area contributed by atoms with Gasteiger partial charge in [-0.2, -0.15) is 0 Å². The lowest BCUT2D eigenvalue weighted by Crippen LogP contribution is -2.34. The first-order valence-electron chi connectivity index (χ1n) is 7.04. The Labute approximate surface area is 119 Å². The molecule has 1 aromatic carbocycles. The van der Waals surface area contributed by atoms with Crippen LogP contribution in [-0.4, -0.2) is 49.4 Å². The fraction of sp³-hybridized carbons (Fsp3) is 0.467. The standard InChI is InChI=1S/C15H21N3O2/c1-3-18(4-2)14(19)11-20-13-7-5-12(6-8-13)15-16-9-10-17-15/h5-8H,3-4,9-11H2,1-2H3,(H,16,17). The molecule has 0 radical (unpaired) electrons. The van der Waals surface area contributed by atoms with Gasteiger partial charge in [0.25, 0.3) is 5.91 Å². The Morgan fingerprint density at radius 3 is 2.55 bits per heavy atom. The maximum Gasteiger partial charge on any atom is 0.260 e. The molecule has 20 heavy (non-hydrogen) atoms.